The molecule has 0 aromatic heterocycles. The molecule has 10 nitrogen and oxygen atoms in total. The third kappa shape index (κ3) is 3.39. The highest BCUT2D eigenvalue weighted by Gasteiger charge is 2.72. The van der Waals surface area contributed by atoms with Gasteiger partial charge in [-0.3, -0.25) is 19.3 Å². The second-order valence-corrected chi connectivity index (χ2v) is 11.3. The van der Waals surface area contributed by atoms with E-state index in [4.69, 9.17) is 28.4 Å². The van der Waals surface area contributed by atoms with Crippen LogP contribution in [0, 0.1) is 23.7 Å². The van der Waals surface area contributed by atoms with Crippen molar-refractivity contribution in [3.05, 3.63) is 0 Å². The fourth-order valence-electron chi connectivity index (χ4n) is 7.97. The van der Waals surface area contributed by atoms with Crippen molar-refractivity contribution in [3.63, 3.8) is 0 Å². The van der Waals surface area contributed by atoms with Gasteiger partial charge in [-0.2, -0.15) is 0 Å². The standard InChI is InChI=1S/C25H33NO9/c1-2-25(9-12-13(10-25)15-4-3-14(12)31-15)35-24(29)18-17-19-22(34-23(17)28)21(20(18)33-19)32-16(27)11-26-5-7-30-8-6-26/h12-15,17-22H,2-11H2,1H3. The molecule has 6 heterocycles. The van der Waals surface area contributed by atoms with Crippen LogP contribution in [-0.4, -0.2) is 97.9 Å². The zero-order chi connectivity index (χ0) is 23.9. The molecule has 0 spiro atoms. The quantitative estimate of drug-likeness (QED) is 0.384. The molecular weight excluding hydrogens is 458 g/mol. The summed E-state index contributed by atoms with van der Waals surface area (Å²) in [5.74, 6) is -1.94. The van der Waals surface area contributed by atoms with Gasteiger partial charge in [0, 0.05) is 13.1 Å². The molecule has 6 aliphatic heterocycles. The van der Waals surface area contributed by atoms with Gasteiger partial charge in [-0.1, -0.05) is 6.92 Å². The summed E-state index contributed by atoms with van der Waals surface area (Å²) in [4.78, 5) is 41.0. The van der Waals surface area contributed by atoms with E-state index in [0.29, 0.717) is 38.1 Å². The van der Waals surface area contributed by atoms with E-state index in [0.717, 1.165) is 32.1 Å². The lowest BCUT2D eigenvalue weighted by Gasteiger charge is -2.34. The number of carbonyl (C=O) groups excluding carboxylic acids is 3. The molecule has 7 aliphatic rings. The number of carbonyl (C=O) groups is 3. The molecule has 1 saturated carbocycles. The Labute approximate surface area is 203 Å². The van der Waals surface area contributed by atoms with Crippen molar-refractivity contribution >= 4 is 17.9 Å². The Hall–Kier alpha value is -1.75. The van der Waals surface area contributed by atoms with E-state index in [2.05, 4.69) is 6.92 Å². The lowest BCUT2D eigenvalue weighted by atomic mass is 9.78. The highest BCUT2D eigenvalue weighted by molar-refractivity contribution is 5.87. The Morgan fingerprint density at radius 3 is 2.43 bits per heavy atom. The van der Waals surface area contributed by atoms with Gasteiger partial charge in [0.25, 0.3) is 0 Å². The lowest BCUT2D eigenvalue weighted by molar-refractivity contribution is -0.175. The van der Waals surface area contributed by atoms with Gasteiger partial charge in [-0.25, -0.2) is 0 Å². The first-order valence-corrected chi connectivity index (χ1v) is 13.2. The van der Waals surface area contributed by atoms with Crippen molar-refractivity contribution in [1.29, 1.82) is 0 Å². The van der Waals surface area contributed by atoms with Gasteiger partial charge < -0.3 is 28.4 Å². The van der Waals surface area contributed by atoms with Crippen LogP contribution in [0.4, 0.5) is 0 Å². The van der Waals surface area contributed by atoms with Gasteiger partial charge in [0.15, 0.2) is 12.2 Å². The van der Waals surface area contributed by atoms with Crippen LogP contribution in [-0.2, 0) is 42.8 Å². The van der Waals surface area contributed by atoms with Gasteiger partial charge >= 0.3 is 17.9 Å². The third-order valence-electron chi connectivity index (χ3n) is 9.67. The molecule has 1 aliphatic carbocycles. The van der Waals surface area contributed by atoms with Crippen LogP contribution in [0.3, 0.4) is 0 Å². The third-order valence-corrected chi connectivity index (χ3v) is 9.67. The molecule has 7 rings (SSSR count). The predicted octanol–water partition coefficient (Wildman–Crippen LogP) is 0.449. The highest BCUT2D eigenvalue weighted by Crippen LogP contribution is 2.58. The van der Waals surface area contributed by atoms with E-state index < -0.39 is 59.8 Å². The number of esters is 3. The molecule has 0 radical (unpaired) electrons. The monoisotopic (exact) mass is 491 g/mol. The molecule has 10 heteroatoms. The van der Waals surface area contributed by atoms with E-state index in [9.17, 15) is 14.4 Å². The van der Waals surface area contributed by atoms with Crippen LogP contribution in [0.25, 0.3) is 0 Å². The molecule has 0 N–H and O–H groups in total. The first-order valence-electron chi connectivity index (χ1n) is 13.2. The summed E-state index contributed by atoms with van der Waals surface area (Å²) < 4.78 is 35.1. The fourth-order valence-corrected chi connectivity index (χ4v) is 7.97. The molecule has 0 amide bonds. The maximum absolute atomic E-state index is 13.6. The van der Waals surface area contributed by atoms with Crippen molar-refractivity contribution in [2.75, 3.05) is 32.8 Å². The first-order chi connectivity index (χ1) is 17.0. The maximum Gasteiger partial charge on any atom is 0.320 e. The van der Waals surface area contributed by atoms with E-state index in [-0.39, 0.29) is 18.8 Å². The zero-order valence-electron chi connectivity index (χ0n) is 20.0. The fraction of sp³-hybridized carbons (Fsp3) is 0.880. The van der Waals surface area contributed by atoms with Crippen molar-refractivity contribution in [1.82, 2.24) is 4.90 Å². The molecule has 10 atom stereocenters. The average Bonchev–Trinajstić information content (AvgIpc) is 3.65. The summed E-state index contributed by atoms with van der Waals surface area (Å²) in [6, 6.07) is 0. The van der Waals surface area contributed by atoms with Crippen molar-refractivity contribution in [2.24, 2.45) is 23.7 Å². The van der Waals surface area contributed by atoms with Crippen LogP contribution in [0.15, 0.2) is 0 Å². The second kappa shape index (κ2) is 8.13. The maximum atomic E-state index is 13.6. The molecule has 0 aromatic rings. The van der Waals surface area contributed by atoms with Gasteiger partial charge in [0.2, 0.25) is 0 Å². The van der Waals surface area contributed by atoms with E-state index in [1.54, 1.807) is 0 Å². The zero-order valence-corrected chi connectivity index (χ0v) is 20.0. The van der Waals surface area contributed by atoms with Crippen LogP contribution in [0.2, 0.25) is 0 Å². The Morgan fingerprint density at radius 2 is 1.74 bits per heavy atom. The summed E-state index contributed by atoms with van der Waals surface area (Å²) in [5, 5.41) is 0. The van der Waals surface area contributed by atoms with E-state index >= 15 is 0 Å². The van der Waals surface area contributed by atoms with Crippen molar-refractivity contribution < 1.29 is 42.8 Å². The van der Waals surface area contributed by atoms with Gasteiger partial charge in [0.05, 0.1) is 32.0 Å². The number of hydrogen-bond donors (Lipinski definition) is 0. The smallest absolute Gasteiger partial charge is 0.320 e. The number of hydrogen-bond acceptors (Lipinski definition) is 10. The van der Waals surface area contributed by atoms with Gasteiger partial charge in [0.1, 0.15) is 29.6 Å². The average molecular weight is 492 g/mol. The normalized spacial score (nSPS) is 49.3. The molecule has 35 heavy (non-hydrogen) atoms. The Bertz CT molecular complexity index is 901. The minimum absolute atomic E-state index is 0.128. The first kappa shape index (κ1) is 22.4. The summed E-state index contributed by atoms with van der Waals surface area (Å²) in [6.45, 7) is 4.66. The van der Waals surface area contributed by atoms with Crippen molar-refractivity contribution in [3.8, 4) is 0 Å². The van der Waals surface area contributed by atoms with E-state index in [1.165, 1.54) is 0 Å². The summed E-state index contributed by atoms with van der Waals surface area (Å²) in [6.07, 6.45) is 2.33. The number of ether oxygens (including phenoxy) is 6. The van der Waals surface area contributed by atoms with Crippen molar-refractivity contribution in [2.45, 2.75) is 81.3 Å². The Morgan fingerprint density at radius 1 is 1.03 bits per heavy atom. The second-order valence-electron chi connectivity index (χ2n) is 11.3. The number of nitrogens with zero attached hydrogens (tertiary/aromatic N) is 1. The van der Waals surface area contributed by atoms with Gasteiger partial charge in [-0.05, 0) is 43.9 Å². The van der Waals surface area contributed by atoms with Gasteiger partial charge in [-0.15, -0.1) is 0 Å². The number of morpholine rings is 1. The minimum Gasteiger partial charge on any atom is -0.459 e. The molecule has 10 unspecified atom stereocenters. The molecule has 6 saturated heterocycles. The molecule has 4 bridgehead atoms. The summed E-state index contributed by atoms with van der Waals surface area (Å²) in [5.41, 5.74) is -0.538. The molecule has 7 fully saturated rings. The van der Waals surface area contributed by atoms with Crippen LogP contribution < -0.4 is 0 Å². The van der Waals surface area contributed by atoms with E-state index in [1.807, 2.05) is 4.90 Å². The topological polar surface area (TPSA) is 110 Å². The predicted molar refractivity (Wildman–Crippen MR) is 116 cm³/mol. The largest absolute Gasteiger partial charge is 0.459 e. The van der Waals surface area contributed by atoms with Crippen LogP contribution >= 0.6 is 0 Å². The minimum atomic E-state index is -0.815. The number of fused-ring (bicyclic) bond motifs is 6. The molecule has 192 valence electrons. The SMILES string of the molecule is CCC1(OC(=O)C2C3OC4C(OC(=O)C42)C3OC(=O)CN2CCOCC2)CC2C3CCC(O3)C2C1. The Kier molecular flexibility index (Phi) is 5.21. The highest BCUT2D eigenvalue weighted by atomic mass is 16.7. The van der Waals surface area contributed by atoms with Crippen LogP contribution in [0.5, 0.6) is 0 Å². The lowest BCUT2D eigenvalue weighted by Crippen LogP contribution is -2.50. The molecular formula is C25H33NO9. The summed E-state index contributed by atoms with van der Waals surface area (Å²) >= 11 is 0. The molecule has 0 aromatic carbocycles. The summed E-state index contributed by atoms with van der Waals surface area (Å²) in [7, 11) is 0. The Balaban J connectivity index is 1.06. The van der Waals surface area contributed by atoms with Crippen LogP contribution in [0.1, 0.15) is 39.0 Å². The number of rotatable bonds is 6.